The largest absolute Gasteiger partial charge is 0.379 e. The van der Waals surface area contributed by atoms with Gasteiger partial charge in [0.15, 0.2) is 0 Å². The molecule has 1 aliphatic rings. The average Bonchev–Trinajstić information content (AvgIpc) is 2.93. The minimum atomic E-state index is -3.31. The van der Waals surface area contributed by atoms with E-state index in [9.17, 15) is 13.2 Å². The zero-order chi connectivity index (χ0) is 17.7. The molecule has 1 heterocycles. The van der Waals surface area contributed by atoms with E-state index in [1.165, 1.54) is 24.0 Å². The lowest BCUT2D eigenvalue weighted by atomic mass is 10.0. The molecule has 0 saturated carbocycles. The van der Waals surface area contributed by atoms with Crippen LogP contribution in [0.3, 0.4) is 0 Å². The maximum atomic E-state index is 12.2. The fourth-order valence-electron chi connectivity index (χ4n) is 2.63. The number of sulfonamides is 1. The fourth-order valence-corrected chi connectivity index (χ4v) is 3.80. The molecule has 1 amide bonds. The third kappa shape index (κ3) is 5.29. The molecule has 1 aromatic rings. The second-order valence-electron chi connectivity index (χ2n) is 6.52. The van der Waals surface area contributed by atoms with Crippen LogP contribution in [0.2, 0.25) is 0 Å². The molecule has 1 aliphatic heterocycles. The van der Waals surface area contributed by atoms with Gasteiger partial charge in [0.05, 0.1) is 25.0 Å². The predicted octanol–water partition coefficient (Wildman–Crippen LogP) is 0.950. The van der Waals surface area contributed by atoms with Crippen LogP contribution in [0.25, 0.3) is 0 Å². The van der Waals surface area contributed by atoms with Crippen molar-refractivity contribution in [2.45, 2.75) is 25.8 Å². The second-order valence-corrected chi connectivity index (χ2v) is 8.75. The summed E-state index contributed by atoms with van der Waals surface area (Å²) >= 11 is 0. The Morgan fingerprint density at radius 2 is 1.92 bits per heavy atom. The van der Waals surface area contributed by atoms with E-state index in [1.54, 1.807) is 0 Å². The molecule has 0 aromatic heterocycles. The number of hydrogen-bond acceptors (Lipinski definition) is 4. The van der Waals surface area contributed by atoms with Crippen molar-refractivity contribution in [3.05, 3.63) is 35.4 Å². The van der Waals surface area contributed by atoms with Gasteiger partial charge in [-0.1, -0.05) is 29.8 Å². The number of carbonyl (C=O) groups is 1. The molecule has 0 aliphatic carbocycles. The number of rotatable bonds is 7. The smallest absolute Gasteiger partial charge is 0.220 e. The van der Waals surface area contributed by atoms with Crippen molar-refractivity contribution < 1.29 is 17.9 Å². The van der Waals surface area contributed by atoms with Crippen molar-refractivity contribution >= 4 is 15.9 Å². The minimum Gasteiger partial charge on any atom is -0.379 e. The highest BCUT2D eigenvalue weighted by Gasteiger charge is 2.33. The summed E-state index contributed by atoms with van der Waals surface area (Å²) in [6, 6.07) is 7.85. The summed E-state index contributed by atoms with van der Waals surface area (Å²) in [5.74, 6) is -0.290. The zero-order valence-corrected chi connectivity index (χ0v) is 15.3. The van der Waals surface area contributed by atoms with E-state index in [1.807, 2.05) is 31.2 Å². The minimum absolute atomic E-state index is 0.0110. The van der Waals surface area contributed by atoms with Gasteiger partial charge in [-0.15, -0.1) is 0 Å². The van der Waals surface area contributed by atoms with Crippen LogP contribution in [-0.4, -0.2) is 57.7 Å². The highest BCUT2D eigenvalue weighted by molar-refractivity contribution is 7.89. The molecule has 1 fully saturated rings. The normalized spacial score (nSPS) is 21.2. The van der Waals surface area contributed by atoms with E-state index in [4.69, 9.17) is 4.74 Å². The zero-order valence-electron chi connectivity index (χ0n) is 14.5. The Morgan fingerprint density at radius 3 is 2.54 bits per heavy atom. The number of ether oxygens (including phenoxy) is 1. The van der Waals surface area contributed by atoms with Gasteiger partial charge < -0.3 is 10.1 Å². The third-order valence-electron chi connectivity index (χ3n) is 4.29. The number of benzene rings is 1. The average molecular weight is 354 g/mol. The Hall–Kier alpha value is -1.44. The molecule has 1 N–H and O–H groups in total. The number of aryl methyl sites for hydroxylation is 2. The molecular weight excluding hydrogens is 328 g/mol. The van der Waals surface area contributed by atoms with Crippen molar-refractivity contribution in [2.75, 3.05) is 33.1 Å². The van der Waals surface area contributed by atoms with Crippen molar-refractivity contribution in [3.63, 3.8) is 0 Å². The van der Waals surface area contributed by atoms with Gasteiger partial charge in [-0.25, -0.2) is 12.7 Å². The summed E-state index contributed by atoms with van der Waals surface area (Å²) < 4.78 is 30.6. The Labute approximate surface area is 144 Å². The van der Waals surface area contributed by atoms with Gasteiger partial charge in [0, 0.05) is 26.4 Å². The van der Waals surface area contributed by atoms with Gasteiger partial charge in [-0.2, -0.15) is 0 Å². The molecule has 6 nitrogen and oxygen atoms in total. The van der Waals surface area contributed by atoms with Crippen molar-refractivity contribution in [3.8, 4) is 0 Å². The molecule has 7 heteroatoms. The number of amides is 1. The number of nitrogens with zero attached hydrogens (tertiary/aromatic N) is 1. The lowest BCUT2D eigenvalue weighted by molar-refractivity contribution is -0.121. The summed E-state index contributed by atoms with van der Waals surface area (Å²) in [6.45, 7) is 2.75. The Morgan fingerprint density at radius 1 is 1.25 bits per heavy atom. The number of hydrogen-bond donors (Lipinski definition) is 1. The van der Waals surface area contributed by atoms with Crippen LogP contribution in [-0.2, 0) is 26.0 Å². The van der Waals surface area contributed by atoms with Crippen LogP contribution >= 0.6 is 0 Å². The number of carbonyl (C=O) groups excluding carboxylic acids is 1. The summed E-state index contributed by atoms with van der Waals surface area (Å²) in [5, 5.41) is 2.93. The second kappa shape index (κ2) is 8.09. The van der Waals surface area contributed by atoms with Crippen LogP contribution in [0.5, 0.6) is 0 Å². The first-order chi connectivity index (χ1) is 11.3. The van der Waals surface area contributed by atoms with Crippen molar-refractivity contribution in [1.82, 2.24) is 9.62 Å². The van der Waals surface area contributed by atoms with Gasteiger partial charge in [-0.05, 0) is 18.9 Å². The van der Waals surface area contributed by atoms with Gasteiger partial charge in [-0.3, -0.25) is 4.79 Å². The maximum absolute atomic E-state index is 12.2. The molecule has 1 saturated heterocycles. The van der Waals surface area contributed by atoms with Crippen molar-refractivity contribution in [1.29, 1.82) is 0 Å². The van der Waals surface area contributed by atoms with Crippen LogP contribution in [0, 0.1) is 12.8 Å². The molecule has 1 aromatic carbocycles. The highest BCUT2D eigenvalue weighted by atomic mass is 32.2. The third-order valence-corrected chi connectivity index (χ3v) is 6.25. The van der Waals surface area contributed by atoms with Gasteiger partial charge in [0.25, 0.3) is 0 Å². The van der Waals surface area contributed by atoms with Gasteiger partial charge >= 0.3 is 0 Å². The first-order valence-electron chi connectivity index (χ1n) is 8.11. The van der Waals surface area contributed by atoms with E-state index in [2.05, 4.69) is 5.32 Å². The summed E-state index contributed by atoms with van der Waals surface area (Å²) in [6.07, 6.45) is 1.05. The first-order valence-corrected chi connectivity index (χ1v) is 9.71. The van der Waals surface area contributed by atoms with E-state index >= 15 is 0 Å². The Kier molecular flexibility index (Phi) is 6.37. The van der Waals surface area contributed by atoms with Crippen molar-refractivity contribution in [2.24, 2.45) is 5.92 Å². The monoisotopic (exact) mass is 354 g/mol. The van der Waals surface area contributed by atoms with E-state index in [-0.39, 0.29) is 23.6 Å². The predicted molar refractivity (Wildman–Crippen MR) is 93.2 cm³/mol. The molecule has 0 radical (unpaired) electrons. The molecular formula is C17H26N2O4S. The quantitative estimate of drug-likeness (QED) is 0.791. The molecule has 2 rings (SSSR count). The molecule has 0 spiro atoms. The highest BCUT2D eigenvalue weighted by Crippen LogP contribution is 2.17. The summed E-state index contributed by atoms with van der Waals surface area (Å²) in [7, 11) is -0.279. The van der Waals surface area contributed by atoms with E-state index < -0.39 is 10.0 Å². The molecule has 0 bridgehead atoms. The van der Waals surface area contributed by atoms with Crippen LogP contribution in [0.4, 0.5) is 0 Å². The van der Waals surface area contributed by atoms with Crippen LogP contribution in [0.15, 0.2) is 24.3 Å². The Bertz CT molecular complexity index is 656. The van der Waals surface area contributed by atoms with Gasteiger partial charge in [0.1, 0.15) is 0 Å². The molecule has 2 atom stereocenters. The Balaban J connectivity index is 1.85. The lowest BCUT2D eigenvalue weighted by Crippen LogP contribution is -2.43. The first kappa shape index (κ1) is 18.9. The van der Waals surface area contributed by atoms with E-state index in [0.29, 0.717) is 26.1 Å². The number of nitrogens with one attached hydrogen (secondary N) is 1. The maximum Gasteiger partial charge on any atom is 0.220 e. The summed E-state index contributed by atoms with van der Waals surface area (Å²) in [4.78, 5) is 12.2. The topological polar surface area (TPSA) is 75.7 Å². The SMILES string of the molecule is Cc1ccc(CCC(=O)NC2COCC2CS(=O)(=O)N(C)C)cc1. The molecule has 134 valence electrons. The van der Waals surface area contributed by atoms with Crippen LogP contribution < -0.4 is 5.32 Å². The summed E-state index contributed by atoms with van der Waals surface area (Å²) in [5.41, 5.74) is 2.31. The lowest BCUT2D eigenvalue weighted by Gasteiger charge is -2.21. The van der Waals surface area contributed by atoms with Crippen LogP contribution in [0.1, 0.15) is 17.5 Å². The molecule has 24 heavy (non-hydrogen) atoms. The van der Waals surface area contributed by atoms with E-state index in [0.717, 1.165) is 5.56 Å². The van der Waals surface area contributed by atoms with Gasteiger partial charge in [0.2, 0.25) is 15.9 Å². The standard InChI is InChI=1S/C17H26N2O4S/c1-13-4-6-14(7-5-13)8-9-17(20)18-16-11-23-10-15(16)12-24(21,22)19(2)3/h4-7,15-16H,8-12H2,1-3H3,(H,18,20). The fraction of sp³-hybridized carbons (Fsp3) is 0.588. The molecule has 2 unspecified atom stereocenters.